The van der Waals surface area contributed by atoms with Gasteiger partial charge in [-0.1, -0.05) is 0 Å². The maximum atomic E-state index is 4.48. The van der Waals surface area contributed by atoms with Crippen LogP contribution in [-0.4, -0.2) is 45.7 Å². The highest BCUT2D eigenvalue weighted by Crippen LogP contribution is 2.11. The third-order valence-corrected chi connectivity index (χ3v) is 4.49. The number of rotatable bonds is 7. The van der Waals surface area contributed by atoms with Crippen molar-refractivity contribution in [2.75, 3.05) is 20.1 Å². The molecule has 0 atom stereocenters. The first-order chi connectivity index (χ1) is 11.9. The van der Waals surface area contributed by atoms with Crippen LogP contribution in [0.3, 0.4) is 0 Å². The van der Waals surface area contributed by atoms with Crippen LogP contribution in [0.1, 0.15) is 34.8 Å². The molecule has 0 saturated heterocycles. The van der Waals surface area contributed by atoms with E-state index < -0.39 is 0 Å². The fourth-order valence-corrected chi connectivity index (χ4v) is 3.04. The van der Waals surface area contributed by atoms with Gasteiger partial charge < -0.3 is 10.6 Å². The maximum Gasteiger partial charge on any atom is 0.190 e. The molecule has 0 fully saturated rings. The van der Waals surface area contributed by atoms with Gasteiger partial charge in [0.15, 0.2) is 5.96 Å². The molecule has 8 heteroatoms. The Morgan fingerprint density at radius 2 is 1.81 bits per heavy atom. The van der Waals surface area contributed by atoms with Gasteiger partial charge in [-0.3, -0.25) is 14.4 Å². The van der Waals surface area contributed by atoms with Gasteiger partial charge in [0.05, 0.1) is 11.4 Å². The van der Waals surface area contributed by atoms with E-state index in [1.165, 1.54) is 17.0 Å². The molecule has 0 spiro atoms. The van der Waals surface area contributed by atoms with E-state index in [1.807, 2.05) is 18.7 Å². The van der Waals surface area contributed by atoms with Gasteiger partial charge in [0.2, 0.25) is 0 Å². The lowest BCUT2D eigenvalue weighted by Crippen LogP contribution is -2.39. The Bertz CT molecular complexity index is 730. The van der Waals surface area contributed by atoms with E-state index in [0.717, 1.165) is 49.8 Å². The lowest BCUT2D eigenvalue weighted by atomic mass is 10.1. The van der Waals surface area contributed by atoms with Crippen molar-refractivity contribution in [2.24, 2.45) is 12.0 Å². The molecule has 0 aliphatic heterocycles. The molecule has 2 heterocycles. The van der Waals surface area contributed by atoms with Crippen LogP contribution in [0.2, 0.25) is 0 Å². The summed E-state index contributed by atoms with van der Waals surface area (Å²) in [6.45, 7) is 10.9. The van der Waals surface area contributed by atoms with Crippen LogP contribution in [0.4, 0.5) is 0 Å². The predicted octanol–water partition coefficient (Wildman–Crippen LogP) is 2.27. The molecule has 146 valence electrons. The van der Waals surface area contributed by atoms with Crippen molar-refractivity contribution in [1.82, 2.24) is 30.2 Å². The van der Waals surface area contributed by atoms with Crippen LogP contribution >= 0.6 is 24.0 Å². The van der Waals surface area contributed by atoms with Crippen molar-refractivity contribution in [1.29, 1.82) is 0 Å². The third kappa shape index (κ3) is 6.00. The molecule has 2 rings (SSSR count). The Balaban J connectivity index is 0.00000338. The normalized spacial score (nSPS) is 11.4. The number of hydrogen-bond acceptors (Lipinski definition) is 3. The minimum Gasteiger partial charge on any atom is -0.356 e. The van der Waals surface area contributed by atoms with E-state index in [2.05, 4.69) is 57.3 Å². The van der Waals surface area contributed by atoms with Crippen molar-refractivity contribution in [3.63, 3.8) is 0 Å². The molecular formula is C18H32IN7. The van der Waals surface area contributed by atoms with Crippen molar-refractivity contribution in [3.05, 3.63) is 34.4 Å². The number of nitrogens with one attached hydrogen (secondary N) is 2. The highest BCUT2D eigenvalue weighted by Gasteiger charge is 2.09. The van der Waals surface area contributed by atoms with Crippen LogP contribution in [-0.2, 0) is 20.0 Å². The van der Waals surface area contributed by atoms with E-state index in [0.29, 0.717) is 0 Å². The van der Waals surface area contributed by atoms with Gasteiger partial charge in [-0.25, -0.2) is 0 Å². The zero-order valence-electron chi connectivity index (χ0n) is 16.8. The number of aromatic nitrogens is 4. The van der Waals surface area contributed by atoms with Crippen molar-refractivity contribution in [2.45, 2.75) is 47.1 Å². The average Bonchev–Trinajstić information content (AvgIpc) is 3.01. The number of halogens is 1. The first-order valence-electron chi connectivity index (χ1n) is 8.87. The summed E-state index contributed by atoms with van der Waals surface area (Å²) in [4.78, 5) is 4.29. The Labute approximate surface area is 173 Å². The van der Waals surface area contributed by atoms with Crippen LogP contribution < -0.4 is 10.6 Å². The molecule has 0 bridgehead atoms. The third-order valence-electron chi connectivity index (χ3n) is 4.49. The molecule has 26 heavy (non-hydrogen) atoms. The smallest absolute Gasteiger partial charge is 0.190 e. The quantitative estimate of drug-likeness (QED) is 0.280. The monoisotopic (exact) mass is 473 g/mol. The van der Waals surface area contributed by atoms with E-state index >= 15 is 0 Å². The Hall–Kier alpha value is -1.58. The minimum absolute atomic E-state index is 0. The highest BCUT2D eigenvalue weighted by atomic mass is 127. The van der Waals surface area contributed by atoms with Crippen molar-refractivity contribution < 1.29 is 0 Å². The lowest BCUT2D eigenvalue weighted by Gasteiger charge is -2.12. The average molecular weight is 473 g/mol. The lowest BCUT2D eigenvalue weighted by molar-refractivity contribution is 0.555. The summed E-state index contributed by atoms with van der Waals surface area (Å²) in [5, 5.41) is 15.7. The first-order valence-corrected chi connectivity index (χ1v) is 8.87. The van der Waals surface area contributed by atoms with Crippen LogP contribution in [0.5, 0.6) is 0 Å². The summed E-state index contributed by atoms with van der Waals surface area (Å²) in [6, 6.07) is 2.11. The van der Waals surface area contributed by atoms with E-state index in [1.54, 1.807) is 7.05 Å². The second-order valence-electron chi connectivity index (χ2n) is 6.45. The van der Waals surface area contributed by atoms with Gasteiger partial charge in [-0.15, -0.1) is 24.0 Å². The second kappa shape index (κ2) is 10.5. The van der Waals surface area contributed by atoms with Crippen molar-refractivity contribution in [3.8, 4) is 0 Å². The number of nitrogens with zero attached hydrogens (tertiary/aromatic N) is 5. The molecule has 0 aliphatic rings. The van der Waals surface area contributed by atoms with E-state index in [4.69, 9.17) is 0 Å². The SMILES string of the molecule is CN=C(NCCCn1nc(C)cc1C)NCCc1c(C)nn(C)c1C.I. The molecule has 0 aromatic carbocycles. The number of guanidine groups is 1. The summed E-state index contributed by atoms with van der Waals surface area (Å²) in [5.41, 5.74) is 5.93. The minimum atomic E-state index is 0. The summed E-state index contributed by atoms with van der Waals surface area (Å²) < 4.78 is 4.00. The molecule has 0 amide bonds. The summed E-state index contributed by atoms with van der Waals surface area (Å²) in [6.07, 6.45) is 1.95. The number of hydrogen-bond donors (Lipinski definition) is 2. The van der Waals surface area contributed by atoms with Gasteiger partial charge in [-0.2, -0.15) is 10.2 Å². The van der Waals surface area contributed by atoms with E-state index in [9.17, 15) is 0 Å². The Morgan fingerprint density at radius 1 is 1.12 bits per heavy atom. The molecule has 2 aromatic heterocycles. The van der Waals surface area contributed by atoms with Gasteiger partial charge in [0.1, 0.15) is 0 Å². The zero-order chi connectivity index (χ0) is 18.4. The summed E-state index contributed by atoms with van der Waals surface area (Å²) in [5.74, 6) is 0.840. The van der Waals surface area contributed by atoms with Crippen LogP contribution in [0, 0.1) is 27.7 Å². The Morgan fingerprint density at radius 3 is 2.35 bits per heavy atom. The molecule has 7 nitrogen and oxygen atoms in total. The fourth-order valence-electron chi connectivity index (χ4n) is 3.04. The molecule has 0 aliphatic carbocycles. The standard InChI is InChI=1S/C18H31N7.HI/c1-13-12-14(2)25(22-13)11-7-9-20-18(19-5)21-10-8-17-15(3)23-24(6)16(17)4;/h12H,7-11H2,1-6H3,(H2,19,20,21);1H. The zero-order valence-corrected chi connectivity index (χ0v) is 19.1. The predicted molar refractivity (Wildman–Crippen MR) is 117 cm³/mol. The van der Waals surface area contributed by atoms with Gasteiger partial charge in [-0.05, 0) is 52.2 Å². The Kier molecular flexibility index (Phi) is 9.11. The van der Waals surface area contributed by atoms with Crippen molar-refractivity contribution >= 4 is 29.9 Å². The fraction of sp³-hybridized carbons (Fsp3) is 0.611. The number of aryl methyl sites for hydroxylation is 5. The molecule has 2 N–H and O–H groups in total. The van der Waals surface area contributed by atoms with Gasteiger partial charge in [0.25, 0.3) is 0 Å². The summed E-state index contributed by atoms with van der Waals surface area (Å²) in [7, 11) is 3.79. The number of aliphatic imine (C=N–C) groups is 1. The highest BCUT2D eigenvalue weighted by molar-refractivity contribution is 14.0. The van der Waals surface area contributed by atoms with Crippen LogP contribution in [0.25, 0.3) is 0 Å². The second-order valence-corrected chi connectivity index (χ2v) is 6.45. The first kappa shape index (κ1) is 22.5. The molecule has 0 radical (unpaired) electrons. The van der Waals surface area contributed by atoms with E-state index in [-0.39, 0.29) is 24.0 Å². The molecule has 0 saturated carbocycles. The van der Waals surface area contributed by atoms with Crippen LogP contribution in [0.15, 0.2) is 11.1 Å². The topological polar surface area (TPSA) is 72.1 Å². The molecule has 2 aromatic rings. The molecular weight excluding hydrogens is 441 g/mol. The van der Waals surface area contributed by atoms with Gasteiger partial charge >= 0.3 is 0 Å². The largest absolute Gasteiger partial charge is 0.356 e. The van der Waals surface area contributed by atoms with Gasteiger partial charge in [0, 0.05) is 45.1 Å². The molecule has 0 unspecified atom stereocenters. The maximum absolute atomic E-state index is 4.48. The summed E-state index contributed by atoms with van der Waals surface area (Å²) >= 11 is 0.